The van der Waals surface area contributed by atoms with Gasteiger partial charge in [0.05, 0.1) is 10.7 Å². The minimum absolute atomic E-state index is 0.661. The van der Waals surface area contributed by atoms with Crippen molar-refractivity contribution in [2.24, 2.45) is 0 Å². The lowest BCUT2D eigenvalue weighted by atomic mass is 10.1. The number of nitrogens with zero attached hydrogens (tertiary/aromatic N) is 3. The summed E-state index contributed by atoms with van der Waals surface area (Å²) < 4.78 is 2.00. The molecule has 0 unspecified atom stereocenters. The van der Waals surface area contributed by atoms with Gasteiger partial charge in [-0.1, -0.05) is 18.5 Å². The number of rotatable bonds is 5. The molecule has 0 aliphatic carbocycles. The Balaban J connectivity index is 1.78. The van der Waals surface area contributed by atoms with Gasteiger partial charge in [-0.2, -0.15) is 0 Å². The van der Waals surface area contributed by atoms with Crippen molar-refractivity contribution in [2.75, 3.05) is 19.6 Å². The lowest BCUT2D eigenvalue weighted by molar-refractivity contribution is 0.136. The molecule has 19 heavy (non-hydrogen) atoms. The molecular weight excluding hydrogens is 260 g/mol. The Bertz CT molecular complexity index is 562. The second kappa shape index (κ2) is 5.49. The molecule has 0 atom stereocenters. The van der Waals surface area contributed by atoms with Gasteiger partial charge in [0, 0.05) is 38.1 Å². The van der Waals surface area contributed by atoms with E-state index in [2.05, 4.69) is 28.3 Å². The Morgan fingerprint density at radius 2 is 2.26 bits per heavy atom. The Kier molecular flexibility index (Phi) is 3.73. The minimum atomic E-state index is 0.661. The second-order valence-electron chi connectivity index (χ2n) is 5.13. The average Bonchev–Trinajstić information content (AvgIpc) is 2.68. The summed E-state index contributed by atoms with van der Waals surface area (Å²) in [7, 11) is 0. The molecule has 3 rings (SSSR count). The summed E-state index contributed by atoms with van der Waals surface area (Å²) >= 11 is 6.00. The van der Waals surface area contributed by atoms with Gasteiger partial charge < -0.3 is 9.72 Å². The summed E-state index contributed by atoms with van der Waals surface area (Å²) in [5.74, 6) is 0. The van der Waals surface area contributed by atoms with Crippen LogP contribution in [0.1, 0.15) is 19.0 Å². The number of hydrogen-bond acceptors (Lipinski definition) is 3. The third-order valence-corrected chi connectivity index (χ3v) is 3.84. The zero-order valence-corrected chi connectivity index (χ0v) is 11.9. The molecule has 1 N–H and O–H groups in total. The first-order chi connectivity index (χ1) is 9.26. The molecule has 2 aromatic heterocycles. The highest BCUT2D eigenvalue weighted by Gasteiger charge is 2.24. The van der Waals surface area contributed by atoms with Gasteiger partial charge in [-0.15, -0.1) is 0 Å². The van der Waals surface area contributed by atoms with Crippen LogP contribution in [0.15, 0.2) is 24.5 Å². The molecule has 1 aliphatic heterocycles. The van der Waals surface area contributed by atoms with Crippen molar-refractivity contribution in [1.29, 1.82) is 0 Å². The predicted octanol–water partition coefficient (Wildman–Crippen LogP) is 2.17. The number of pyridine rings is 1. The van der Waals surface area contributed by atoms with Crippen molar-refractivity contribution in [1.82, 2.24) is 19.6 Å². The largest absolute Gasteiger partial charge is 0.314 e. The number of hydrogen-bond donors (Lipinski definition) is 1. The van der Waals surface area contributed by atoms with Crippen LogP contribution >= 0.6 is 11.6 Å². The molecule has 1 fully saturated rings. The van der Waals surface area contributed by atoms with Crippen LogP contribution in [0.5, 0.6) is 0 Å². The molecule has 0 saturated carbocycles. The molecule has 3 heterocycles. The van der Waals surface area contributed by atoms with Gasteiger partial charge in [0.2, 0.25) is 0 Å². The van der Waals surface area contributed by atoms with Gasteiger partial charge in [-0.25, -0.2) is 4.98 Å². The first-order valence-electron chi connectivity index (χ1n) is 6.84. The van der Waals surface area contributed by atoms with Crippen molar-refractivity contribution in [3.63, 3.8) is 0 Å². The van der Waals surface area contributed by atoms with Gasteiger partial charge in [0.1, 0.15) is 5.65 Å². The van der Waals surface area contributed by atoms with E-state index in [4.69, 9.17) is 11.6 Å². The second-order valence-corrected chi connectivity index (χ2v) is 5.56. The molecule has 0 radical (unpaired) electrons. The summed E-state index contributed by atoms with van der Waals surface area (Å²) in [5.41, 5.74) is 2.07. The van der Waals surface area contributed by atoms with E-state index in [9.17, 15) is 0 Å². The third-order valence-electron chi connectivity index (χ3n) is 3.62. The van der Waals surface area contributed by atoms with Gasteiger partial charge in [0.25, 0.3) is 0 Å². The van der Waals surface area contributed by atoms with Crippen LogP contribution in [-0.4, -0.2) is 40.0 Å². The maximum absolute atomic E-state index is 6.00. The van der Waals surface area contributed by atoms with E-state index in [1.54, 1.807) is 0 Å². The molecule has 0 aromatic carbocycles. The summed E-state index contributed by atoms with van der Waals surface area (Å²) in [6.45, 7) is 6.46. The van der Waals surface area contributed by atoms with Crippen LogP contribution < -0.4 is 5.32 Å². The molecule has 1 saturated heterocycles. The van der Waals surface area contributed by atoms with E-state index in [0.717, 1.165) is 42.5 Å². The molecule has 1 aliphatic rings. The minimum Gasteiger partial charge on any atom is -0.314 e. The number of imidazole rings is 1. The highest BCUT2D eigenvalue weighted by atomic mass is 35.5. The van der Waals surface area contributed by atoms with Gasteiger partial charge in [-0.05, 0) is 25.1 Å². The van der Waals surface area contributed by atoms with Crippen molar-refractivity contribution in [2.45, 2.75) is 25.9 Å². The van der Waals surface area contributed by atoms with Gasteiger partial charge in [-0.3, -0.25) is 4.90 Å². The fraction of sp³-hybridized carbons (Fsp3) is 0.500. The van der Waals surface area contributed by atoms with Gasteiger partial charge in [0.15, 0.2) is 0 Å². The first kappa shape index (κ1) is 12.9. The molecule has 5 heteroatoms. The van der Waals surface area contributed by atoms with Crippen LogP contribution in [0.4, 0.5) is 0 Å². The first-order valence-corrected chi connectivity index (χ1v) is 7.22. The summed E-state index contributed by atoms with van der Waals surface area (Å²) in [6.07, 6.45) is 5.16. The fourth-order valence-corrected chi connectivity index (χ4v) is 2.68. The fourth-order valence-electron chi connectivity index (χ4n) is 2.51. The highest BCUT2D eigenvalue weighted by molar-refractivity contribution is 6.30. The molecule has 4 nitrogen and oxygen atoms in total. The lowest BCUT2D eigenvalue weighted by Crippen LogP contribution is -2.57. The Labute approximate surface area is 118 Å². The van der Waals surface area contributed by atoms with Gasteiger partial charge >= 0.3 is 0 Å². The SMILES string of the molecule is CCCN(Cc1cn2cc(Cl)ccc2n1)C1CNC1. The van der Waals surface area contributed by atoms with Crippen molar-refractivity contribution >= 4 is 17.2 Å². The van der Waals surface area contributed by atoms with E-state index in [-0.39, 0.29) is 0 Å². The highest BCUT2D eigenvalue weighted by Crippen LogP contribution is 2.15. The summed E-state index contributed by atoms with van der Waals surface area (Å²) in [4.78, 5) is 7.17. The van der Waals surface area contributed by atoms with E-state index < -0.39 is 0 Å². The topological polar surface area (TPSA) is 32.6 Å². The number of aromatic nitrogens is 2. The summed E-state index contributed by atoms with van der Waals surface area (Å²) in [6, 6.07) is 4.50. The molecule has 0 amide bonds. The van der Waals surface area contributed by atoms with E-state index in [1.807, 2.05) is 22.7 Å². The third kappa shape index (κ3) is 2.76. The normalized spacial score (nSPS) is 16.2. The molecular formula is C14H19ClN4. The average molecular weight is 279 g/mol. The van der Waals surface area contributed by atoms with Crippen LogP contribution in [0.3, 0.4) is 0 Å². The lowest BCUT2D eigenvalue weighted by Gasteiger charge is -2.37. The van der Waals surface area contributed by atoms with Crippen LogP contribution in [0.25, 0.3) is 5.65 Å². The maximum atomic E-state index is 6.00. The van der Waals surface area contributed by atoms with Crippen molar-refractivity contribution in [3.8, 4) is 0 Å². The zero-order chi connectivity index (χ0) is 13.2. The Morgan fingerprint density at radius 3 is 2.95 bits per heavy atom. The number of halogens is 1. The monoisotopic (exact) mass is 278 g/mol. The van der Waals surface area contributed by atoms with E-state index in [0.29, 0.717) is 6.04 Å². The van der Waals surface area contributed by atoms with Crippen molar-refractivity contribution < 1.29 is 0 Å². The van der Waals surface area contributed by atoms with E-state index in [1.165, 1.54) is 6.42 Å². The zero-order valence-electron chi connectivity index (χ0n) is 11.1. The maximum Gasteiger partial charge on any atom is 0.137 e. The predicted molar refractivity (Wildman–Crippen MR) is 77.6 cm³/mol. The molecule has 0 spiro atoms. The number of fused-ring (bicyclic) bond motifs is 1. The summed E-state index contributed by atoms with van der Waals surface area (Å²) in [5, 5.41) is 4.08. The van der Waals surface area contributed by atoms with E-state index >= 15 is 0 Å². The molecule has 0 bridgehead atoms. The van der Waals surface area contributed by atoms with Crippen LogP contribution in [0.2, 0.25) is 5.02 Å². The quantitative estimate of drug-likeness (QED) is 0.910. The molecule has 2 aromatic rings. The van der Waals surface area contributed by atoms with Crippen LogP contribution in [-0.2, 0) is 6.54 Å². The Morgan fingerprint density at radius 1 is 1.42 bits per heavy atom. The Hall–Kier alpha value is -1.10. The molecule has 102 valence electrons. The smallest absolute Gasteiger partial charge is 0.137 e. The van der Waals surface area contributed by atoms with Crippen LogP contribution in [0, 0.1) is 0 Å². The number of nitrogens with one attached hydrogen (secondary N) is 1. The van der Waals surface area contributed by atoms with Crippen molar-refractivity contribution in [3.05, 3.63) is 35.2 Å². The standard InChI is InChI=1S/C14H19ClN4/c1-2-5-18(13-6-16-7-13)9-12-10-19-8-11(15)3-4-14(19)17-12/h3-4,8,10,13,16H,2,5-7,9H2,1H3.